The molecule has 0 unspecified atom stereocenters. The summed E-state index contributed by atoms with van der Waals surface area (Å²) >= 11 is 0. The number of carbonyl (C=O) groups is 3. The van der Waals surface area contributed by atoms with Crippen molar-refractivity contribution >= 4 is 17.9 Å². The number of alkyl carbamates (subject to hydrolysis) is 1. The average molecular weight is 535 g/mol. The van der Waals surface area contributed by atoms with Crippen LogP contribution in [0.3, 0.4) is 0 Å². The second kappa shape index (κ2) is 13.6. The molecule has 0 saturated carbocycles. The molecule has 2 N–H and O–H groups in total. The predicted molar refractivity (Wildman–Crippen MR) is 151 cm³/mol. The summed E-state index contributed by atoms with van der Waals surface area (Å²) in [6.45, 7) is 7.14. The minimum Gasteiger partial charge on any atom is -0.445 e. The molecule has 2 aliphatic heterocycles. The lowest BCUT2D eigenvalue weighted by Crippen LogP contribution is -2.75. The van der Waals surface area contributed by atoms with E-state index in [1.54, 1.807) is 0 Å². The molecule has 210 valence electrons. The average Bonchev–Trinajstić information content (AvgIpc) is 2.97. The van der Waals surface area contributed by atoms with Crippen LogP contribution in [0.2, 0.25) is 0 Å². The van der Waals surface area contributed by atoms with Gasteiger partial charge in [-0.25, -0.2) is 4.79 Å². The summed E-state index contributed by atoms with van der Waals surface area (Å²) in [5, 5.41) is 5.90. The Morgan fingerprint density at radius 2 is 1.62 bits per heavy atom. The summed E-state index contributed by atoms with van der Waals surface area (Å²) in [5.41, 5.74) is 1.35. The molecule has 2 aromatic rings. The number of carbonyl (C=O) groups excluding carboxylic acids is 3. The van der Waals surface area contributed by atoms with Gasteiger partial charge in [-0.05, 0) is 43.2 Å². The largest absolute Gasteiger partial charge is 0.445 e. The van der Waals surface area contributed by atoms with Gasteiger partial charge in [-0.1, -0.05) is 80.9 Å². The Bertz CT molecular complexity index is 1090. The third-order valence-electron chi connectivity index (χ3n) is 7.97. The van der Waals surface area contributed by atoms with Gasteiger partial charge in [0.2, 0.25) is 11.8 Å². The first-order chi connectivity index (χ1) is 19.0. The van der Waals surface area contributed by atoms with E-state index in [1.165, 1.54) is 5.56 Å². The van der Waals surface area contributed by atoms with Crippen molar-refractivity contribution in [1.29, 1.82) is 0 Å². The highest BCUT2D eigenvalue weighted by Crippen LogP contribution is 2.34. The summed E-state index contributed by atoms with van der Waals surface area (Å²) in [4.78, 5) is 44.5. The van der Waals surface area contributed by atoms with Crippen LogP contribution in [0.4, 0.5) is 4.79 Å². The third kappa shape index (κ3) is 6.98. The second-order valence-electron chi connectivity index (χ2n) is 10.7. The van der Waals surface area contributed by atoms with Crippen LogP contribution >= 0.6 is 0 Å². The van der Waals surface area contributed by atoms with Gasteiger partial charge in [0.15, 0.2) is 0 Å². The first-order valence-corrected chi connectivity index (χ1v) is 14.3. The normalized spacial score (nSPS) is 19.9. The van der Waals surface area contributed by atoms with E-state index in [2.05, 4.69) is 39.8 Å². The second-order valence-corrected chi connectivity index (χ2v) is 10.7. The molecule has 8 heteroatoms. The number of rotatable bonds is 11. The van der Waals surface area contributed by atoms with E-state index < -0.39 is 23.7 Å². The zero-order chi connectivity index (χ0) is 27.7. The zero-order valence-electron chi connectivity index (χ0n) is 23.2. The number of likely N-dealkylation sites (tertiary alicyclic amines) is 1. The number of ether oxygens (including phenoxy) is 1. The summed E-state index contributed by atoms with van der Waals surface area (Å²) in [5.74, 6) is -0.222. The Balaban J connectivity index is 1.40. The third-order valence-corrected chi connectivity index (χ3v) is 7.97. The number of hydrogen-bond donors (Lipinski definition) is 2. The molecule has 4 rings (SSSR count). The van der Waals surface area contributed by atoms with Crippen LogP contribution < -0.4 is 10.6 Å². The van der Waals surface area contributed by atoms with Gasteiger partial charge in [0.05, 0.1) is 6.04 Å². The van der Waals surface area contributed by atoms with Gasteiger partial charge in [0, 0.05) is 26.2 Å². The van der Waals surface area contributed by atoms with Crippen molar-refractivity contribution in [1.82, 2.24) is 20.4 Å². The van der Waals surface area contributed by atoms with Crippen LogP contribution in [-0.2, 0) is 27.4 Å². The molecule has 2 aromatic carbocycles. The van der Waals surface area contributed by atoms with Gasteiger partial charge in [-0.15, -0.1) is 0 Å². The molecule has 2 saturated heterocycles. The van der Waals surface area contributed by atoms with E-state index in [-0.39, 0.29) is 18.4 Å². The van der Waals surface area contributed by atoms with E-state index in [4.69, 9.17) is 4.74 Å². The molecule has 2 atom stereocenters. The number of piperazine rings is 1. The number of nitrogens with one attached hydrogen (secondary N) is 2. The molecule has 3 amide bonds. The van der Waals surface area contributed by atoms with Crippen molar-refractivity contribution < 1.29 is 19.1 Å². The number of piperidine rings is 1. The van der Waals surface area contributed by atoms with Crippen molar-refractivity contribution in [3.05, 3.63) is 71.8 Å². The van der Waals surface area contributed by atoms with Gasteiger partial charge in [0.1, 0.15) is 18.2 Å². The lowest BCUT2D eigenvalue weighted by Gasteiger charge is -2.52. The summed E-state index contributed by atoms with van der Waals surface area (Å²) in [6, 6.07) is 18.5. The molecule has 2 heterocycles. The summed E-state index contributed by atoms with van der Waals surface area (Å²) in [6.07, 6.45) is 3.65. The van der Waals surface area contributed by atoms with Gasteiger partial charge >= 0.3 is 6.09 Å². The highest BCUT2D eigenvalue weighted by Gasteiger charge is 2.54. The lowest BCUT2D eigenvalue weighted by atomic mass is 9.80. The number of amides is 3. The molecule has 1 spiro atoms. The Labute approximate surface area is 232 Å². The van der Waals surface area contributed by atoms with E-state index in [0.29, 0.717) is 25.8 Å². The molecule has 0 bridgehead atoms. The van der Waals surface area contributed by atoms with Gasteiger partial charge in [0.25, 0.3) is 0 Å². The molecule has 39 heavy (non-hydrogen) atoms. The Hall–Kier alpha value is -3.39. The Kier molecular flexibility index (Phi) is 9.98. The molecule has 8 nitrogen and oxygen atoms in total. The van der Waals surface area contributed by atoms with Crippen molar-refractivity contribution in [2.24, 2.45) is 0 Å². The van der Waals surface area contributed by atoms with Crippen LogP contribution in [-0.4, -0.2) is 71.5 Å². The predicted octanol–water partition coefficient (Wildman–Crippen LogP) is 3.90. The molecule has 0 aromatic heterocycles. The smallest absolute Gasteiger partial charge is 0.407 e. The standard InChI is InChI=1S/C31H42N4O4/c1-3-11-26(32-30(38)39-23-25-14-9-6-10-15-25)27-28(36)35(19-4-2)31(29(37)33-27)17-21-34(22-18-31)20-16-24-12-7-5-8-13-24/h5-10,12-15,26-27H,3-4,11,16-23H2,1-2H3,(H,32,38)(H,33,37)/t26-,27-/m1/s1. The van der Waals surface area contributed by atoms with E-state index in [1.807, 2.05) is 55.1 Å². The topological polar surface area (TPSA) is 91.0 Å². The zero-order valence-corrected chi connectivity index (χ0v) is 23.2. The Morgan fingerprint density at radius 1 is 0.974 bits per heavy atom. The molecule has 2 fully saturated rings. The minimum absolute atomic E-state index is 0.108. The summed E-state index contributed by atoms with van der Waals surface area (Å²) in [7, 11) is 0. The SMILES string of the molecule is CCC[C@@H](NC(=O)OCc1ccccc1)[C@H]1NC(=O)C2(CCN(CCc3ccccc3)CC2)N(CCC)C1=O. The number of nitrogens with zero attached hydrogens (tertiary/aromatic N) is 2. The number of benzene rings is 2. The molecular weight excluding hydrogens is 492 g/mol. The van der Waals surface area contributed by atoms with Crippen LogP contribution in [0, 0.1) is 0 Å². The monoisotopic (exact) mass is 534 g/mol. The summed E-state index contributed by atoms with van der Waals surface area (Å²) < 4.78 is 5.42. The first kappa shape index (κ1) is 28.6. The maximum atomic E-state index is 13.9. The fourth-order valence-corrected chi connectivity index (χ4v) is 5.78. The Morgan fingerprint density at radius 3 is 2.23 bits per heavy atom. The van der Waals surface area contributed by atoms with Crippen molar-refractivity contribution in [3.8, 4) is 0 Å². The van der Waals surface area contributed by atoms with Gasteiger partial charge in [-0.3, -0.25) is 9.59 Å². The van der Waals surface area contributed by atoms with Crippen LogP contribution in [0.25, 0.3) is 0 Å². The van der Waals surface area contributed by atoms with Crippen LogP contribution in [0.1, 0.15) is 57.1 Å². The van der Waals surface area contributed by atoms with Gasteiger partial charge in [-0.2, -0.15) is 0 Å². The first-order valence-electron chi connectivity index (χ1n) is 14.3. The van der Waals surface area contributed by atoms with E-state index in [9.17, 15) is 14.4 Å². The quantitative estimate of drug-likeness (QED) is 0.456. The fourth-order valence-electron chi connectivity index (χ4n) is 5.78. The highest BCUT2D eigenvalue weighted by molar-refractivity contribution is 6.00. The molecule has 0 aliphatic carbocycles. The van der Waals surface area contributed by atoms with Crippen molar-refractivity contribution in [2.75, 3.05) is 26.2 Å². The van der Waals surface area contributed by atoms with E-state index >= 15 is 0 Å². The molecular formula is C31H42N4O4. The lowest BCUT2D eigenvalue weighted by molar-refractivity contribution is -0.162. The van der Waals surface area contributed by atoms with E-state index in [0.717, 1.165) is 44.5 Å². The molecule has 0 radical (unpaired) electrons. The maximum absolute atomic E-state index is 13.9. The van der Waals surface area contributed by atoms with Crippen molar-refractivity contribution in [3.63, 3.8) is 0 Å². The fraction of sp³-hybridized carbons (Fsp3) is 0.516. The van der Waals surface area contributed by atoms with Crippen LogP contribution in [0.15, 0.2) is 60.7 Å². The number of hydrogen-bond acceptors (Lipinski definition) is 5. The van der Waals surface area contributed by atoms with Crippen LogP contribution in [0.5, 0.6) is 0 Å². The van der Waals surface area contributed by atoms with Gasteiger partial charge < -0.3 is 25.2 Å². The highest BCUT2D eigenvalue weighted by atomic mass is 16.5. The minimum atomic E-state index is -0.836. The van der Waals surface area contributed by atoms with Crippen molar-refractivity contribution in [2.45, 2.75) is 76.6 Å². The molecule has 2 aliphatic rings. The maximum Gasteiger partial charge on any atom is 0.407 e.